The highest BCUT2D eigenvalue weighted by Crippen LogP contribution is 2.59. The Morgan fingerprint density at radius 3 is 2.61 bits per heavy atom. The van der Waals surface area contributed by atoms with Gasteiger partial charge in [0.2, 0.25) is 0 Å². The Bertz CT molecular complexity index is 690. The summed E-state index contributed by atoms with van der Waals surface area (Å²) in [7, 11) is 1.92. The number of aliphatic hydroxyl groups is 3. The predicted octanol–water partition coefficient (Wildman–Crippen LogP) is -0.00550. The van der Waals surface area contributed by atoms with Crippen LogP contribution >= 0.6 is 0 Å². The molecule has 1 aromatic rings. The molecule has 0 unspecified atom stereocenters. The maximum atomic E-state index is 10.8. The Hall–Kier alpha value is -1.60. The van der Waals surface area contributed by atoms with Gasteiger partial charge in [-0.05, 0) is 31.6 Å². The van der Waals surface area contributed by atoms with Crippen molar-refractivity contribution in [3.05, 3.63) is 35.4 Å². The third-order valence-corrected chi connectivity index (χ3v) is 6.01. The Balaban J connectivity index is 2.06. The fourth-order valence-corrected chi connectivity index (χ4v) is 4.92. The highest BCUT2D eigenvalue weighted by Gasteiger charge is 2.61. The summed E-state index contributed by atoms with van der Waals surface area (Å²) < 4.78 is 0. The van der Waals surface area contributed by atoms with E-state index in [-0.39, 0.29) is 23.5 Å². The third kappa shape index (κ3) is 1.67. The highest BCUT2D eigenvalue weighted by molar-refractivity contribution is 5.58. The molecule has 1 fully saturated rings. The van der Waals surface area contributed by atoms with E-state index in [9.17, 15) is 25.5 Å². The van der Waals surface area contributed by atoms with Gasteiger partial charge >= 0.3 is 0 Å². The maximum Gasteiger partial charge on any atom is 0.161 e. The summed E-state index contributed by atoms with van der Waals surface area (Å²) in [5, 5.41) is 52.3. The van der Waals surface area contributed by atoms with Gasteiger partial charge in [-0.2, -0.15) is 0 Å². The van der Waals surface area contributed by atoms with Crippen molar-refractivity contribution in [2.75, 3.05) is 13.6 Å². The van der Waals surface area contributed by atoms with Crippen molar-refractivity contribution in [1.29, 1.82) is 0 Å². The van der Waals surface area contributed by atoms with Crippen LogP contribution in [0, 0.1) is 5.92 Å². The molecular formula is C17H21NO5. The summed E-state index contributed by atoms with van der Waals surface area (Å²) in [5.41, 5.74) is -0.0344. The second-order valence-corrected chi connectivity index (χ2v) is 6.95. The van der Waals surface area contributed by atoms with Gasteiger partial charge in [-0.15, -0.1) is 0 Å². The van der Waals surface area contributed by atoms with E-state index in [1.54, 1.807) is 12.1 Å². The molecule has 1 heterocycles. The first-order valence-corrected chi connectivity index (χ1v) is 7.87. The van der Waals surface area contributed by atoms with Gasteiger partial charge in [0.05, 0.1) is 18.3 Å². The molecule has 4 rings (SSSR count). The topological polar surface area (TPSA) is 104 Å². The van der Waals surface area contributed by atoms with Gasteiger partial charge in [0.1, 0.15) is 0 Å². The number of nitrogens with zero attached hydrogens (tertiary/aromatic N) is 1. The number of aromatic hydroxyl groups is 2. The number of rotatable bonds is 0. The third-order valence-electron chi connectivity index (χ3n) is 6.01. The summed E-state index contributed by atoms with van der Waals surface area (Å²) in [5.74, 6) is -0.844. The first-order valence-electron chi connectivity index (χ1n) is 7.87. The minimum Gasteiger partial charge on any atom is -0.504 e. The molecule has 0 saturated carbocycles. The number of hydrogen-bond acceptors (Lipinski definition) is 6. The number of aliphatic hydroxyl groups excluding tert-OH is 3. The van der Waals surface area contributed by atoms with Crippen LogP contribution < -0.4 is 0 Å². The summed E-state index contributed by atoms with van der Waals surface area (Å²) >= 11 is 0. The molecule has 1 saturated heterocycles. The largest absolute Gasteiger partial charge is 0.504 e. The van der Waals surface area contributed by atoms with Crippen molar-refractivity contribution in [2.45, 2.75) is 36.2 Å². The minimum atomic E-state index is -1.10. The molecule has 124 valence electrons. The molecule has 1 aliphatic heterocycles. The van der Waals surface area contributed by atoms with E-state index in [2.05, 4.69) is 4.90 Å². The van der Waals surface area contributed by atoms with Crippen molar-refractivity contribution >= 4 is 0 Å². The Morgan fingerprint density at radius 1 is 1.13 bits per heavy atom. The number of likely N-dealkylation sites (N-methyl/N-ethyl adjacent to an activating group) is 1. The smallest absolute Gasteiger partial charge is 0.161 e. The number of hydrogen-bond donors (Lipinski definition) is 5. The molecule has 0 radical (unpaired) electrons. The fourth-order valence-electron chi connectivity index (χ4n) is 4.92. The fraction of sp³-hybridized carbons (Fsp3) is 0.529. The van der Waals surface area contributed by atoms with Gasteiger partial charge in [-0.1, -0.05) is 18.2 Å². The average Bonchev–Trinajstić information content (AvgIpc) is 2.53. The molecule has 2 aliphatic carbocycles. The summed E-state index contributed by atoms with van der Waals surface area (Å²) in [6.45, 7) is 0.615. The van der Waals surface area contributed by atoms with Crippen molar-refractivity contribution < 1.29 is 25.5 Å². The molecule has 6 atom stereocenters. The SMILES string of the molecule is CN1CC[C@@]23c4c(ccc(O)c4O)[C@H](O)[C@@H]1[C@@H]2C=C[C@H](O)[C@@H]3O. The van der Waals surface area contributed by atoms with Gasteiger partial charge < -0.3 is 25.5 Å². The van der Waals surface area contributed by atoms with Crippen LogP contribution in [0.25, 0.3) is 0 Å². The quantitative estimate of drug-likeness (QED) is 0.340. The number of phenolic OH excluding ortho intramolecular Hbond substituents is 2. The zero-order chi connectivity index (χ0) is 16.5. The monoisotopic (exact) mass is 319 g/mol. The molecular weight excluding hydrogens is 298 g/mol. The van der Waals surface area contributed by atoms with Crippen LogP contribution in [0.4, 0.5) is 0 Å². The predicted molar refractivity (Wildman–Crippen MR) is 82.1 cm³/mol. The average molecular weight is 319 g/mol. The first kappa shape index (κ1) is 15.0. The van der Waals surface area contributed by atoms with Gasteiger partial charge in [0.15, 0.2) is 11.5 Å². The van der Waals surface area contributed by atoms with Crippen LogP contribution in [0.15, 0.2) is 24.3 Å². The zero-order valence-electron chi connectivity index (χ0n) is 12.8. The lowest BCUT2D eigenvalue weighted by Crippen LogP contribution is -2.66. The lowest BCUT2D eigenvalue weighted by molar-refractivity contribution is -0.110. The number of fused-ring (bicyclic) bond motifs is 1. The van der Waals surface area contributed by atoms with E-state index in [1.165, 1.54) is 6.07 Å². The molecule has 2 bridgehead atoms. The van der Waals surface area contributed by atoms with Gasteiger partial charge in [0, 0.05) is 22.9 Å². The molecule has 3 aliphatic rings. The number of phenols is 2. The van der Waals surface area contributed by atoms with E-state index in [0.29, 0.717) is 24.1 Å². The van der Waals surface area contributed by atoms with E-state index < -0.39 is 23.7 Å². The normalized spacial score (nSPS) is 42.2. The van der Waals surface area contributed by atoms with Crippen molar-refractivity contribution in [3.63, 3.8) is 0 Å². The maximum absolute atomic E-state index is 10.8. The second kappa shape index (κ2) is 4.70. The summed E-state index contributed by atoms with van der Waals surface area (Å²) in [6, 6.07) is 2.70. The van der Waals surface area contributed by atoms with Crippen LogP contribution in [-0.4, -0.2) is 62.3 Å². The molecule has 0 amide bonds. The van der Waals surface area contributed by atoms with Crippen molar-refractivity contribution in [1.82, 2.24) is 4.90 Å². The second-order valence-electron chi connectivity index (χ2n) is 6.95. The van der Waals surface area contributed by atoms with Crippen LogP contribution in [0.3, 0.4) is 0 Å². The zero-order valence-corrected chi connectivity index (χ0v) is 12.8. The van der Waals surface area contributed by atoms with E-state index in [0.717, 1.165) is 0 Å². The number of likely N-dealkylation sites (tertiary alicyclic amines) is 1. The van der Waals surface area contributed by atoms with Gasteiger partial charge in [-0.25, -0.2) is 0 Å². The molecule has 23 heavy (non-hydrogen) atoms. The molecule has 5 N–H and O–H groups in total. The number of piperidine rings is 1. The summed E-state index contributed by atoms with van der Waals surface area (Å²) in [4.78, 5) is 2.05. The molecule has 6 nitrogen and oxygen atoms in total. The minimum absolute atomic E-state index is 0.251. The van der Waals surface area contributed by atoms with Crippen molar-refractivity contribution in [3.8, 4) is 11.5 Å². The lowest BCUT2D eigenvalue weighted by Gasteiger charge is -2.60. The van der Waals surface area contributed by atoms with E-state index in [4.69, 9.17) is 0 Å². The Morgan fingerprint density at radius 2 is 1.87 bits per heavy atom. The van der Waals surface area contributed by atoms with E-state index in [1.807, 2.05) is 13.1 Å². The van der Waals surface area contributed by atoms with E-state index >= 15 is 0 Å². The summed E-state index contributed by atoms with van der Waals surface area (Å²) in [6.07, 6.45) is 0.911. The highest BCUT2D eigenvalue weighted by atomic mass is 16.3. The van der Waals surface area contributed by atoms with Crippen LogP contribution in [-0.2, 0) is 5.41 Å². The molecule has 0 spiro atoms. The number of benzene rings is 1. The van der Waals surface area contributed by atoms with Crippen LogP contribution in [0.5, 0.6) is 11.5 Å². The standard InChI is InChI=1S/C17H21NO5/c1-18-7-6-17-9(3-5-11(20)16(17)23)13(18)14(21)8-2-4-10(19)15(22)12(8)17/h2-5,9,11,13-14,16,19-23H,6-7H2,1H3/t9-,11-,13-,14-,16-,17-/m0/s1. The molecule has 0 aromatic heterocycles. The first-order chi connectivity index (χ1) is 10.9. The van der Waals surface area contributed by atoms with Crippen LogP contribution in [0.1, 0.15) is 23.7 Å². The Labute approximate surface area is 133 Å². The molecule has 1 aromatic carbocycles. The van der Waals surface area contributed by atoms with Gasteiger partial charge in [0.25, 0.3) is 0 Å². The Kier molecular flexibility index (Phi) is 3.06. The van der Waals surface area contributed by atoms with Crippen molar-refractivity contribution in [2.24, 2.45) is 5.92 Å². The van der Waals surface area contributed by atoms with Gasteiger partial charge in [-0.3, -0.25) is 4.90 Å². The molecule has 6 heteroatoms. The lowest BCUT2D eigenvalue weighted by atomic mass is 9.51. The van der Waals surface area contributed by atoms with Crippen LogP contribution in [0.2, 0.25) is 0 Å².